The summed E-state index contributed by atoms with van der Waals surface area (Å²) < 4.78 is 13.4. The highest BCUT2D eigenvalue weighted by Gasteiger charge is 2.19. The highest BCUT2D eigenvalue weighted by atomic mass is 16.6. The molecule has 3 aromatic rings. The van der Waals surface area contributed by atoms with Gasteiger partial charge in [0.15, 0.2) is 5.71 Å². The molecule has 8 heteroatoms. The van der Waals surface area contributed by atoms with Gasteiger partial charge in [0.05, 0.1) is 12.3 Å². The van der Waals surface area contributed by atoms with Crippen LogP contribution in [0.5, 0.6) is 11.6 Å². The van der Waals surface area contributed by atoms with Crippen LogP contribution in [0.3, 0.4) is 0 Å². The summed E-state index contributed by atoms with van der Waals surface area (Å²) in [5.41, 5.74) is 4.37. The quantitative estimate of drug-likeness (QED) is 0.410. The fourth-order valence-corrected chi connectivity index (χ4v) is 3.41. The maximum absolute atomic E-state index is 12.3. The van der Waals surface area contributed by atoms with E-state index in [9.17, 15) is 4.79 Å². The number of nitrogens with one attached hydrogen (secondary N) is 1. The lowest BCUT2D eigenvalue weighted by atomic mass is 10.0. The topological polar surface area (TPSA) is 87.0 Å². The molecule has 0 unspecified atom stereocenters. The van der Waals surface area contributed by atoms with Gasteiger partial charge in [-0.05, 0) is 43.7 Å². The number of hydrogen-bond acceptors (Lipinski definition) is 6. The molecule has 0 bridgehead atoms. The molecule has 3 rings (SSSR count). The third-order valence-corrected chi connectivity index (χ3v) is 4.92. The van der Waals surface area contributed by atoms with Crippen LogP contribution >= 0.6 is 0 Å². The Kier molecular flexibility index (Phi) is 7.49. The molecule has 0 saturated heterocycles. The standard InChI is InChI=1S/C24H28N4O4/c1-6-31-19-13-11-17(12-14-19)21-16(2)24(28(4)26-21)32-15-18-9-7-8-10-20(18)22(27-30-5)23(29)25-3/h7-14H,6,15H2,1-5H3,(H,25,29)/b27-22+. The SMILES string of the molecule is CCOc1ccc(-c2nn(C)c(OCc3ccccc3/C(=N\OC)C(=O)NC)c2C)cc1. The highest BCUT2D eigenvalue weighted by molar-refractivity contribution is 6.45. The van der Waals surface area contributed by atoms with Crippen LogP contribution in [-0.2, 0) is 23.3 Å². The van der Waals surface area contributed by atoms with Gasteiger partial charge in [-0.3, -0.25) is 4.79 Å². The number of carbonyl (C=O) groups excluding carboxylic acids is 1. The lowest BCUT2D eigenvalue weighted by Crippen LogP contribution is -2.29. The Bertz CT molecular complexity index is 1100. The normalized spacial score (nSPS) is 11.2. The molecule has 0 radical (unpaired) electrons. The van der Waals surface area contributed by atoms with Gasteiger partial charge in [-0.15, -0.1) is 0 Å². The molecule has 1 amide bonds. The molecule has 0 aliphatic rings. The predicted molar refractivity (Wildman–Crippen MR) is 123 cm³/mol. The summed E-state index contributed by atoms with van der Waals surface area (Å²) in [6.45, 7) is 4.79. The molecule has 168 valence electrons. The van der Waals surface area contributed by atoms with Crippen molar-refractivity contribution >= 4 is 11.6 Å². The van der Waals surface area contributed by atoms with Crippen molar-refractivity contribution in [3.63, 3.8) is 0 Å². The molecule has 32 heavy (non-hydrogen) atoms. The van der Waals surface area contributed by atoms with E-state index in [0.29, 0.717) is 18.1 Å². The summed E-state index contributed by atoms with van der Waals surface area (Å²) in [7, 11) is 4.80. The minimum Gasteiger partial charge on any atom is -0.494 e. The van der Waals surface area contributed by atoms with Crippen molar-refractivity contribution in [2.24, 2.45) is 12.2 Å². The van der Waals surface area contributed by atoms with Crippen LogP contribution in [-0.4, -0.2) is 42.2 Å². The Morgan fingerprint density at radius 3 is 2.50 bits per heavy atom. The van der Waals surface area contributed by atoms with Crippen molar-refractivity contribution in [2.45, 2.75) is 20.5 Å². The Morgan fingerprint density at radius 2 is 1.84 bits per heavy atom. The van der Waals surface area contributed by atoms with Crippen molar-refractivity contribution in [1.29, 1.82) is 0 Å². The minimum absolute atomic E-state index is 0.186. The molecule has 0 spiro atoms. The van der Waals surface area contributed by atoms with Gasteiger partial charge in [-0.2, -0.15) is 5.10 Å². The van der Waals surface area contributed by atoms with Gasteiger partial charge in [0.25, 0.3) is 5.91 Å². The van der Waals surface area contributed by atoms with Crippen molar-refractivity contribution in [1.82, 2.24) is 15.1 Å². The van der Waals surface area contributed by atoms with E-state index >= 15 is 0 Å². The summed E-state index contributed by atoms with van der Waals surface area (Å²) in [6.07, 6.45) is 0. The van der Waals surface area contributed by atoms with Gasteiger partial charge in [-0.1, -0.05) is 29.4 Å². The van der Waals surface area contributed by atoms with Crippen molar-refractivity contribution in [2.75, 3.05) is 20.8 Å². The van der Waals surface area contributed by atoms with E-state index in [1.54, 1.807) is 11.7 Å². The summed E-state index contributed by atoms with van der Waals surface area (Å²) in [5, 5.41) is 11.1. The van der Waals surface area contributed by atoms with E-state index < -0.39 is 0 Å². The van der Waals surface area contributed by atoms with Crippen molar-refractivity contribution < 1.29 is 19.1 Å². The number of oxime groups is 1. The molecular weight excluding hydrogens is 408 g/mol. The Labute approximate surface area is 187 Å². The first-order chi connectivity index (χ1) is 15.5. The maximum atomic E-state index is 12.3. The molecule has 1 aromatic heterocycles. The zero-order valence-electron chi connectivity index (χ0n) is 19.0. The number of amides is 1. The Morgan fingerprint density at radius 1 is 1.12 bits per heavy atom. The fraction of sp³-hybridized carbons (Fsp3) is 0.292. The zero-order valence-corrected chi connectivity index (χ0v) is 19.0. The molecule has 2 aromatic carbocycles. The molecule has 0 saturated carbocycles. The van der Waals surface area contributed by atoms with Crippen molar-refractivity contribution in [3.05, 3.63) is 65.2 Å². The summed E-state index contributed by atoms with van der Waals surface area (Å²) in [6, 6.07) is 15.3. The van der Waals surface area contributed by atoms with Gasteiger partial charge in [0.2, 0.25) is 5.88 Å². The molecule has 1 heterocycles. The number of aromatic nitrogens is 2. The van der Waals surface area contributed by atoms with Crippen LogP contribution in [0.15, 0.2) is 53.7 Å². The number of carbonyl (C=O) groups is 1. The number of benzene rings is 2. The number of hydrogen-bond donors (Lipinski definition) is 1. The monoisotopic (exact) mass is 436 g/mol. The highest BCUT2D eigenvalue weighted by Crippen LogP contribution is 2.31. The average Bonchev–Trinajstić information content (AvgIpc) is 3.09. The number of rotatable bonds is 9. The van der Waals surface area contributed by atoms with Gasteiger partial charge >= 0.3 is 0 Å². The smallest absolute Gasteiger partial charge is 0.273 e. The van der Waals surface area contributed by atoms with E-state index in [2.05, 4.69) is 15.6 Å². The largest absolute Gasteiger partial charge is 0.494 e. The third-order valence-electron chi connectivity index (χ3n) is 4.92. The number of likely N-dealkylation sites (N-methyl/N-ethyl adjacent to an activating group) is 1. The molecule has 0 aliphatic heterocycles. The number of aryl methyl sites for hydroxylation is 1. The van der Waals surface area contributed by atoms with Crippen LogP contribution < -0.4 is 14.8 Å². The lowest BCUT2D eigenvalue weighted by Gasteiger charge is -2.12. The van der Waals surface area contributed by atoms with Gasteiger partial charge in [-0.25, -0.2) is 4.68 Å². The van der Waals surface area contributed by atoms with E-state index in [4.69, 9.17) is 14.3 Å². The van der Waals surface area contributed by atoms with Crippen LogP contribution in [0.4, 0.5) is 0 Å². The second-order valence-corrected chi connectivity index (χ2v) is 7.01. The minimum atomic E-state index is -0.339. The summed E-state index contributed by atoms with van der Waals surface area (Å²) >= 11 is 0. The first kappa shape index (κ1) is 22.9. The first-order valence-corrected chi connectivity index (χ1v) is 10.3. The van der Waals surface area contributed by atoms with Crippen LogP contribution in [0.1, 0.15) is 23.6 Å². The molecule has 8 nitrogen and oxygen atoms in total. The number of ether oxygens (including phenoxy) is 2. The van der Waals surface area contributed by atoms with Gasteiger partial charge in [0, 0.05) is 30.8 Å². The predicted octanol–water partition coefficient (Wildman–Crippen LogP) is 3.47. The van der Waals surface area contributed by atoms with Crippen LogP contribution in [0, 0.1) is 6.92 Å². The van der Waals surface area contributed by atoms with E-state index in [0.717, 1.165) is 28.1 Å². The van der Waals surface area contributed by atoms with Crippen LogP contribution in [0.2, 0.25) is 0 Å². The zero-order chi connectivity index (χ0) is 23.1. The van der Waals surface area contributed by atoms with Crippen LogP contribution in [0.25, 0.3) is 11.3 Å². The van der Waals surface area contributed by atoms with E-state index in [-0.39, 0.29) is 18.2 Å². The van der Waals surface area contributed by atoms with E-state index in [1.807, 2.05) is 69.4 Å². The second kappa shape index (κ2) is 10.5. The first-order valence-electron chi connectivity index (χ1n) is 10.3. The van der Waals surface area contributed by atoms with Gasteiger partial charge in [0.1, 0.15) is 19.5 Å². The average molecular weight is 437 g/mol. The Hall–Kier alpha value is -3.81. The Balaban J connectivity index is 1.86. The molecule has 0 fully saturated rings. The van der Waals surface area contributed by atoms with Crippen molar-refractivity contribution in [3.8, 4) is 22.9 Å². The molecule has 0 aliphatic carbocycles. The maximum Gasteiger partial charge on any atom is 0.273 e. The second-order valence-electron chi connectivity index (χ2n) is 7.01. The lowest BCUT2D eigenvalue weighted by molar-refractivity contribution is -0.114. The molecule has 1 N–H and O–H groups in total. The molecular formula is C24H28N4O4. The number of nitrogens with zero attached hydrogens (tertiary/aromatic N) is 3. The summed E-state index contributed by atoms with van der Waals surface area (Å²) in [5.74, 6) is 1.13. The fourth-order valence-electron chi connectivity index (χ4n) is 3.41. The summed E-state index contributed by atoms with van der Waals surface area (Å²) in [4.78, 5) is 17.2. The van der Waals surface area contributed by atoms with E-state index in [1.165, 1.54) is 7.11 Å². The molecule has 0 atom stereocenters. The van der Waals surface area contributed by atoms with Gasteiger partial charge < -0.3 is 19.6 Å². The third kappa shape index (κ3) is 4.91.